The van der Waals surface area contributed by atoms with Crippen LogP contribution in [0.1, 0.15) is 11.1 Å². The predicted octanol–water partition coefficient (Wildman–Crippen LogP) is 4.35. The first-order valence-electron chi connectivity index (χ1n) is 6.19. The Morgan fingerprint density at radius 1 is 1.05 bits per heavy atom. The molecule has 0 aliphatic rings. The number of hydrogen-bond acceptors (Lipinski definition) is 3. The summed E-state index contributed by atoms with van der Waals surface area (Å²) in [7, 11) is 1.48. The number of aryl methyl sites for hydroxylation is 1. The van der Waals surface area contributed by atoms with Crippen molar-refractivity contribution in [1.82, 2.24) is 0 Å². The van der Waals surface area contributed by atoms with Crippen LogP contribution in [0.5, 0.6) is 5.75 Å². The molecule has 0 aromatic heterocycles. The van der Waals surface area contributed by atoms with Crippen molar-refractivity contribution >= 4 is 17.1 Å². The van der Waals surface area contributed by atoms with Crippen LogP contribution in [0.4, 0.5) is 30.2 Å². The Kier molecular flexibility index (Phi) is 3.97. The summed E-state index contributed by atoms with van der Waals surface area (Å²) in [6.45, 7) is 1.43. The molecule has 0 unspecified atom stereocenters. The summed E-state index contributed by atoms with van der Waals surface area (Å²) >= 11 is 0. The zero-order chi connectivity index (χ0) is 15.6. The molecule has 21 heavy (non-hydrogen) atoms. The van der Waals surface area contributed by atoms with Crippen molar-refractivity contribution in [2.24, 2.45) is 0 Å². The van der Waals surface area contributed by atoms with Gasteiger partial charge in [-0.1, -0.05) is 6.07 Å². The van der Waals surface area contributed by atoms with Gasteiger partial charge in [0.25, 0.3) is 0 Å². The molecular weight excluding hydrogens is 281 g/mol. The fraction of sp³-hybridized carbons (Fsp3) is 0.200. The van der Waals surface area contributed by atoms with Crippen LogP contribution >= 0.6 is 0 Å². The number of nitrogens with two attached hydrogens (primary N) is 1. The Hall–Kier alpha value is -2.37. The highest BCUT2D eigenvalue weighted by Gasteiger charge is 2.32. The Bertz CT molecular complexity index is 654. The van der Waals surface area contributed by atoms with Crippen molar-refractivity contribution in [3.63, 3.8) is 0 Å². The van der Waals surface area contributed by atoms with Crippen molar-refractivity contribution in [2.45, 2.75) is 13.1 Å². The van der Waals surface area contributed by atoms with E-state index in [1.807, 2.05) is 0 Å². The normalized spacial score (nSPS) is 11.3. The molecule has 0 spiro atoms. The number of ether oxygens (including phenoxy) is 1. The maximum atomic E-state index is 12.9. The van der Waals surface area contributed by atoms with Crippen LogP contribution in [0, 0.1) is 6.92 Å². The number of methoxy groups -OCH3 is 1. The number of anilines is 3. The largest absolute Gasteiger partial charge is 0.495 e. The van der Waals surface area contributed by atoms with Gasteiger partial charge in [-0.2, -0.15) is 13.2 Å². The summed E-state index contributed by atoms with van der Waals surface area (Å²) in [5, 5.41) is 2.91. The van der Waals surface area contributed by atoms with Gasteiger partial charge in [0.05, 0.1) is 18.4 Å². The second kappa shape index (κ2) is 5.55. The molecule has 2 aromatic rings. The van der Waals surface area contributed by atoms with E-state index in [1.165, 1.54) is 20.1 Å². The highest BCUT2D eigenvalue weighted by Crippen LogP contribution is 2.34. The van der Waals surface area contributed by atoms with E-state index in [0.29, 0.717) is 22.8 Å². The van der Waals surface area contributed by atoms with Gasteiger partial charge in [0.15, 0.2) is 0 Å². The minimum Gasteiger partial charge on any atom is -0.495 e. The molecule has 0 radical (unpaired) electrons. The first kappa shape index (κ1) is 15.0. The first-order valence-corrected chi connectivity index (χ1v) is 6.19. The van der Waals surface area contributed by atoms with Gasteiger partial charge in [0.1, 0.15) is 5.75 Å². The Balaban J connectivity index is 2.32. The van der Waals surface area contributed by atoms with E-state index in [1.54, 1.807) is 24.3 Å². The second-order valence-electron chi connectivity index (χ2n) is 4.61. The summed E-state index contributed by atoms with van der Waals surface area (Å²) in [6.07, 6.45) is -4.37. The standard InChI is InChI=1S/C15H15F3N2O/c1-9-3-4-10(7-12(9)15(16,17)18)20-11-5-6-13(19)14(8-11)21-2/h3-8,20H,19H2,1-2H3. The maximum absolute atomic E-state index is 12.9. The number of hydrogen-bond donors (Lipinski definition) is 2. The topological polar surface area (TPSA) is 47.3 Å². The van der Waals surface area contributed by atoms with Crippen molar-refractivity contribution in [1.29, 1.82) is 0 Å². The van der Waals surface area contributed by atoms with Gasteiger partial charge in [-0.3, -0.25) is 0 Å². The van der Waals surface area contributed by atoms with Gasteiger partial charge >= 0.3 is 6.18 Å². The SMILES string of the molecule is COc1cc(Nc2ccc(C)c(C(F)(F)F)c2)ccc1N. The van der Waals surface area contributed by atoms with E-state index in [9.17, 15) is 13.2 Å². The lowest BCUT2D eigenvalue weighted by molar-refractivity contribution is -0.138. The first-order chi connectivity index (χ1) is 9.81. The molecule has 0 fully saturated rings. The number of benzene rings is 2. The summed E-state index contributed by atoms with van der Waals surface area (Å²) in [4.78, 5) is 0. The van der Waals surface area contributed by atoms with Gasteiger partial charge < -0.3 is 15.8 Å². The number of alkyl halides is 3. The fourth-order valence-electron chi connectivity index (χ4n) is 1.96. The number of nitrogen functional groups attached to an aromatic ring is 1. The van der Waals surface area contributed by atoms with Crippen LogP contribution in [0.2, 0.25) is 0 Å². The van der Waals surface area contributed by atoms with Gasteiger partial charge in [-0.25, -0.2) is 0 Å². The van der Waals surface area contributed by atoms with Crippen LogP contribution in [0.25, 0.3) is 0 Å². The molecule has 0 amide bonds. The van der Waals surface area contributed by atoms with Crippen LogP contribution < -0.4 is 15.8 Å². The molecule has 2 aromatic carbocycles. The zero-order valence-electron chi connectivity index (χ0n) is 11.6. The van der Waals surface area contributed by atoms with E-state index in [2.05, 4.69) is 5.32 Å². The molecule has 2 rings (SSSR count). The molecule has 112 valence electrons. The molecule has 0 atom stereocenters. The van der Waals surface area contributed by atoms with Crippen LogP contribution in [-0.4, -0.2) is 7.11 Å². The van der Waals surface area contributed by atoms with Crippen molar-refractivity contribution < 1.29 is 17.9 Å². The van der Waals surface area contributed by atoms with E-state index < -0.39 is 11.7 Å². The number of halogens is 3. The Morgan fingerprint density at radius 2 is 1.67 bits per heavy atom. The lowest BCUT2D eigenvalue weighted by Crippen LogP contribution is -2.08. The van der Waals surface area contributed by atoms with E-state index >= 15 is 0 Å². The Labute approximate surface area is 120 Å². The van der Waals surface area contributed by atoms with E-state index in [4.69, 9.17) is 10.5 Å². The van der Waals surface area contributed by atoms with Gasteiger partial charge in [0.2, 0.25) is 0 Å². The molecule has 0 bridgehead atoms. The molecule has 0 aliphatic heterocycles. The van der Waals surface area contributed by atoms with E-state index in [0.717, 1.165) is 6.07 Å². The second-order valence-corrected chi connectivity index (χ2v) is 4.61. The quantitative estimate of drug-likeness (QED) is 0.828. The molecular formula is C15H15F3N2O. The Morgan fingerprint density at radius 3 is 2.29 bits per heavy atom. The molecule has 0 saturated carbocycles. The van der Waals surface area contributed by atoms with E-state index in [-0.39, 0.29) is 5.56 Å². The third-order valence-corrected chi connectivity index (χ3v) is 3.07. The summed E-state index contributed by atoms with van der Waals surface area (Å²) in [6, 6.07) is 9.03. The summed E-state index contributed by atoms with van der Waals surface area (Å²) < 4.78 is 43.7. The average Bonchev–Trinajstić information content (AvgIpc) is 2.42. The number of nitrogens with one attached hydrogen (secondary N) is 1. The van der Waals surface area contributed by atoms with Crippen molar-refractivity contribution in [2.75, 3.05) is 18.2 Å². The van der Waals surface area contributed by atoms with Gasteiger partial charge in [-0.15, -0.1) is 0 Å². The molecule has 6 heteroatoms. The van der Waals surface area contributed by atoms with Gasteiger partial charge in [-0.05, 0) is 36.8 Å². The third kappa shape index (κ3) is 3.39. The average molecular weight is 296 g/mol. The molecule has 0 saturated heterocycles. The molecule has 3 N–H and O–H groups in total. The highest BCUT2D eigenvalue weighted by atomic mass is 19.4. The summed E-state index contributed by atoms with van der Waals surface area (Å²) in [5.74, 6) is 0.461. The monoisotopic (exact) mass is 296 g/mol. The lowest BCUT2D eigenvalue weighted by Gasteiger charge is -2.14. The fourth-order valence-corrected chi connectivity index (χ4v) is 1.96. The predicted molar refractivity (Wildman–Crippen MR) is 76.9 cm³/mol. The maximum Gasteiger partial charge on any atom is 0.416 e. The highest BCUT2D eigenvalue weighted by molar-refractivity contribution is 5.67. The molecule has 3 nitrogen and oxygen atoms in total. The zero-order valence-corrected chi connectivity index (χ0v) is 11.6. The van der Waals surface area contributed by atoms with Crippen molar-refractivity contribution in [3.05, 3.63) is 47.5 Å². The summed E-state index contributed by atoms with van der Waals surface area (Å²) in [5.41, 5.74) is 6.62. The third-order valence-electron chi connectivity index (χ3n) is 3.07. The molecule has 0 heterocycles. The smallest absolute Gasteiger partial charge is 0.416 e. The lowest BCUT2D eigenvalue weighted by atomic mass is 10.1. The van der Waals surface area contributed by atoms with Crippen molar-refractivity contribution in [3.8, 4) is 5.75 Å². The number of rotatable bonds is 3. The molecule has 0 aliphatic carbocycles. The minimum atomic E-state index is -4.37. The van der Waals surface area contributed by atoms with Gasteiger partial charge in [0, 0.05) is 17.4 Å². The minimum absolute atomic E-state index is 0.183. The van der Waals surface area contributed by atoms with Crippen LogP contribution in [0.15, 0.2) is 36.4 Å². The van der Waals surface area contributed by atoms with Crippen LogP contribution in [0.3, 0.4) is 0 Å². The van der Waals surface area contributed by atoms with Crippen LogP contribution in [-0.2, 0) is 6.18 Å².